The Morgan fingerprint density at radius 3 is 2.91 bits per heavy atom. The number of ether oxygens (including phenoxy) is 1. The van der Waals surface area contributed by atoms with Gasteiger partial charge in [0, 0.05) is 24.8 Å². The summed E-state index contributed by atoms with van der Waals surface area (Å²) in [6.07, 6.45) is 1.02. The van der Waals surface area contributed by atoms with Gasteiger partial charge in [-0.2, -0.15) is 0 Å². The van der Waals surface area contributed by atoms with E-state index >= 15 is 0 Å². The highest BCUT2D eigenvalue weighted by Gasteiger charge is 2.29. The number of anilines is 1. The maximum absolute atomic E-state index is 12.4. The van der Waals surface area contributed by atoms with Crippen LogP contribution in [0.25, 0.3) is 0 Å². The van der Waals surface area contributed by atoms with E-state index in [0.29, 0.717) is 36.6 Å². The lowest BCUT2D eigenvalue weighted by molar-refractivity contribution is 0.0675. The van der Waals surface area contributed by atoms with Crippen LogP contribution in [0.2, 0.25) is 0 Å². The second kappa shape index (κ2) is 5.54. The number of fused-ring (bicyclic) bond motifs is 1. The predicted octanol–water partition coefficient (Wildman–Crippen LogP) is 0.805. The van der Waals surface area contributed by atoms with E-state index in [0.717, 1.165) is 13.1 Å². The van der Waals surface area contributed by atoms with E-state index in [1.807, 2.05) is 6.07 Å². The molecule has 4 rings (SSSR count). The number of aryl methyl sites for hydroxylation is 1. The monoisotopic (exact) mass is 315 g/mol. The first-order chi connectivity index (χ1) is 11.2. The normalized spacial score (nSPS) is 20.7. The number of hydrogen-bond acceptors (Lipinski definition) is 7. The van der Waals surface area contributed by atoms with Crippen molar-refractivity contribution in [2.24, 2.45) is 4.99 Å². The molecule has 8 heteroatoms. The van der Waals surface area contributed by atoms with Gasteiger partial charge in [0.05, 0.1) is 19.5 Å². The molecule has 2 aromatic rings. The maximum Gasteiger partial charge on any atom is 0.257 e. The van der Waals surface area contributed by atoms with Crippen LogP contribution in [0.15, 0.2) is 38.7 Å². The Kier molecular flexibility index (Phi) is 3.38. The summed E-state index contributed by atoms with van der Waals surface area (Å²) in [4.78, 5) is 23.6. The largest absolute Gasteiger partial charge is 0.465 e. The number of guanidine groups is 1. The molecule has 0 spiro atoms. The summed E-state index contributed by atoms with van der Waals surface area (Å²) in [6.45, 7) is 4.59. The van der Waals surface area contributed by atoms with Gasteiger partial charge in [0.1, 0.15) is 5.76 Å². The average Bonchev–Trinajstić information content (AvgIpc) is 3.08. The van der Waals surface area contributed by atoms with E-state index in [1.54, 1.807) is 19.3 Å². The van der Waals surface area contributed by atoms with Gasteiger partial charge in [-0.25, -0.2) is 14.5 Å². The molecule has 0 radical (unpaired) electrons. The van der Waals surface area contributed by atoms with E-state index in [-0.39, 0.29) is 5.56 Å². The van der Waals surface area contributed by atoms with Gasteiger partial charge in [-0.1, -0.05) is 0 Å². The lowest BCUT2D eigenvalue weighted by Crippen LogP contribution is -2.47. The topological polar surface area (TPSA) is 84.9 Å². The number of aliphatic imine (C=N–C) groups is 1. The number of aromatic nitrogens is 2. The molecule has 1 unspecified atom stereocenters. The third kappa shape index (κ3) is 2.50. The van der Waals surface area contributed by atoms with Crippen LogP contribution >= 0.6 is 0 Å². The quantitative estimate of drug-likeness (QED) is 0.838. The maximum atomic E-state index is 12.4. The van der Waals surface area contributed by atoms with Crippen LogP contribution in [0.1, 0.15) is 17.6 Å². The van der Waals surface area contributed by atoms with Crippen LogP contribution in [-0.4, -0.2) is 46.7 Å². The summed E-state index contributed by atoms with van der Waals surface area (Å²) >= 11 is 0. The molecule has 1 saturated heterocycles. The molecular weight excluding hydrogens is 298 g/mol. The second-order valence-electron chi connectivity index (χ2n) is 5.50. The zero-order chi connectivity index (χ0) is 15.8. The van der Waals surface area contributed by atoms with Crippen LogP contribution in [-0.2, 0) is 4.74 Å². The first-order valence-electron chi connectivity index (χ1n) is 7.53. The minimum atomic E-state index is -0.556. The van der Waals surface area contributed by atoms with Crippen molar-refractivity contribution < 1.29 is 9.15 Å². The molecular formula is C15H17N5O3. The van der Waals surface area contributed by atoms with Crippen LogP contribution in [0.3, 0.4) is 0 Å². The summed E-state index contributed by atoms with van der Waals surface area (Å²) < 4.78 is 12.4. The predicted molar refractivity (Wildman–Crippen MR) is 83.5 cm³/mol. The van der Waals surface area contributed by atoms with Gasteiger partial charge in [-0.15, -0.1) is 0 Å². The zero-order valence-corrected chi connectivity index (χ0v) is 12.7. The highest BCUT2D eigenvalue weighted by molar-refractivity contribution is 5.93. The Hall–Kier alpha value is -2.61. The fourth-order valence-corrected chi connectivity index (χ4v) is 2.80. The lowest BCUT2D eigenvalue weighted by Gasteiger charge is -2.34. The Bertz CT molecular complexity index is 790. The molecule has 0 aromatic carbocycles. The van der Waals surface area contributed by atoms with E-state index < -0.39 is 6.17 Å². The molecule has 4 heterocycles. The molecule has 0 aliphatic carbocycles. The molecule has 8 nitrogen and oxygen atoms in total. The Balaban J connectivity index is 1.81. The molecule has 1 N–H and O–H groups in total. The van der Waals surface area contributed by atoms with Crippen LogP contribution in [0.5, 0.6) is 0 Å². The second-order valence-corrected chi connectivity index (χ2v) is 5.50. The van der Waals surface area contributed by atoms with Crippen molar-refractivity contribution in [3.05, 3.63) is 46.3 Å². The Morgan fingerprint density at radius 1 is 1.35 bits per heavy atom. The third-order valence-electron chi connectivity index (χ3n) is 3.90. The van der Waals surface area contributed by atoms with Crippen molar-refractivity contribution in [3.63, 3.8) is 0 Å². The molecule has 23 heavy (non-hydrogen) atoms. The van der Waals surface area contributed by atoms with E-state index in [1.165, 1.54) is 10.6 Å². The Labute approximate surface area is 132 Å². The first-order valence-corrected chi connectivity index (χ1v) is 7.53. The van der Waals surface area contributed by atoms with Gasteiger partial charge in [-0.3, -0.25) is 10.1 Å². The minimum Gasteiger partial charge on any atom is -0.465 e. The van der Waals surface area contributed by atoms with Crippen LogP contribution in [0.4, 0.5) is 5.95 Å². The molecule has 2 aliphatic rings. The summed E-state index contributed by atoms with van der Waals surface area (Å²) in [5.74, 6) is 1.77. The van der Waals surface area contributed by atoms with E-state index in [4.69, 9.17) is 9.15 Å². The van der Waals surface area contributed by atoms with E-state index in [9.17, 15) is 4.79 Å². The van der Waals surface area contributed by atoms with Crippen LogP contribution < -0.4 is 10.9 Å². The van der Waals surface area contributed by atoms with Crippen LogP contribution in [0, 0.1) is 6.92 Å². The van der Waals surface area contributed by atoms with Crippen molar-refractivity contribution in [3.8, 4) is 0 Å². The zero-order valence-electron chi connectivity index (χ0n) is 12.7. The smallest absolute Gasteiger partial charge is 0.257 e. The van der Waals surface area contributed by atoms with Gasteiger partial charge in [0.2, 0.25) is 11.9 Å². The number of morpholine rings is 1. The molecule has 1 atom stereocenters. The average molecular weight is 315 g/mol. The van der Waals surface area contributed by atoms with Gasteiger partial charge in [0.15, 0.2) is 6.17 Å². The molecule has 0 saturated carbocycles. The van der Waals surface area contributed by atoms with Crippen molar-refractivity contribution in [2.75, 3.05) is 31.6 Å². The minimum absolute atomic E-state index is 0.161. The standard InChI is InChI=1S/C15H17N5O3/c1-10-9-12(21)20-13(11-3-2-6-23-11)17-14(18-15(20)16-10)19-4-7-22-8-5-19/h2-3,6,9,13H,4-5,7-8H2,1H3,(H,16,17,18). The molecule has 0 amide bonds. The van der Waals surface area contributed by atoms with Crippen molar-refractivity contribution in [1.29, 1.82) is 0 Å². The summed E-state index contributed by atoms with van der Waals surface area (Å²) in [6, 6.07) is 5.09. The fourth-order valence-electron chi connectivity index (χ4n) is 2.80. The van der Waals surface area contributed by atoms with Gasteiger partial charge in [0.25, 0.3) is 5.56 Å². The van der Waals surface area contributed by atoms with Crippen molar-refractivity contribution in [2.45, 2.75) is 13.1 Å². The molecule has 1 fully saturated rings. The molecule has 2 aromatic heterocycles. The van der Waals surface area contributed by atoms with Crippen molar-refractivity contribution in [1.82, 2.24) is 14.5 Å². The number of nitrogens with zero attached hydrogens (tertiary/aromatic N) is 4. The Morgan fingerprint density at radius 2 is 2.17 bits per heavy atom. The number of hydrogen-bond donors (Lipinski definition) is 1. The van der Waals surface area contributed by atoms with Crippen molar-refractivity contribution >= 4 is 11.9 Å². The number of furan rings is 1. The highest BCUT2D eigenvalue weighted by Crippen LogP contribution is 2.26. The first kappa shape index (κ1) is 14.0. The fraction of sp³-hybridized carbons (Fsp3) is 0.400. The van der Waals surface area contributed by atoms with Gasteiger partial charge in [-0.05, 0) is 19.1 Å². The highest BCUT2D eigenvalue weighted by atomic mass is 16.5. The number of nitrogens with one attached hydrogen (secondary N) is 1. The molecule has 120 valence electrons. The van der Waals surface area contributed by atoms with Gasteiger partial charge < -0.3 is 14.1 Å². The summed E-state index contributed by atoms with van der Waals surface area (Å²) in [7, 11) is 0. The summed E-state index contributed by atoms with van der Waals surface area (Å²) in [5.41, 5.74) is 0.501. The third-order valence-corrected chi connectivity index (χ3v) is 3.90. The molecule has 2 aliphatic heterocycles. The lowest BCUT2D eigenvalue weighted by atomic mass is 10.3. The SMILES string of the molecule is Cc1cc(=O)n2c(n1)NC(N1CCOCC1)=NC2c1ccco1. The van der Waals surface area contributed by atoms with E-state index in [2.05, 4.69) is 20.2 Å². The molecule has 0 bridgehead atoms. The summed E-state index contributed by atoms with van der Waals surface area (Å²) in [5, 5.41) is 3.17. The van der Waals surface area contributed by atoms with Gasteiger partial charge >= 0.3 is 0 Å². The number of rotatable bonds is 1.